The smallest absolute Gasteiger partial charge is 0.339 e. The number of nitrogens with one attached hydrogen (secondary N) is 2. The van der Waals surface area contributed by atoms with Crippen LogP contribution in [0.2, 0.25) is 0 Å². The molecule has 0 aliphatic carbocycles. The van der Waals surface area contributed by atoms with Crippen LogP contribution in [0.5, 0.6) is 0 Å². The third kappa shape index (κ3) is 4.11. The number of hydrogen-bond acceptors (Lipinski definition) is 4. The number of H-pyrrole nitrogens is 1. The van der Waals surface area contributed by atoms with Gasteiger partial charge in [0.15, 0.2) is 6.61 Å². The van der Waals surface area contributed by atoms with E-state index in [-0.39, 0.29) is 5.56 Å². The summed E-state index contributed by atoms with van der Waals surface area (Å²) in [7, 11) is 0. The van der Waals surface area contributed by atoms with Crippen LogP contribution in [-0.2, 0) is 22.4 Å². The lowest BCUT2D eigenvalue weighted by atomic mass is 10.0. The molecule has 0 radical (unpaired) electrons. The van der Waals surface area contributed by atoms with Gasteiger partial charge < -0.3 is 15.0 Å². The van der Waals surface area contributed by atoms with Gasteiger partial charge in [0, 0.05) is 22.7 Å². The fourth-order valence-corrected chi connectivity index (χ4v) is 3.16. The van der Waals surface area contributed by atoms with E-state index in [0.29, 0.717) is 10.9 Å². The first kappa shape index (κ1) is 19.4. The molecule has 3 aromatic rings. The van der Waals surface area contributed by atoms with Crippen LogP contribution in [0.15, 0.2) is 53.3 Å². The maximum absolute atomic E-state index is 12.5. The standard InChI is InChI=1S/C22H22N2O4/c1-3-14-8-7-9-15(4-2)21(14)24-20(26)13-28-22(27)17-12-19(25)23-18-11-6-5-10-16(17)18/h5-12H,3-4,13H2,1-2H3,(H,23,25)(H,24,26). The van der Waals surface area contributed by atoms with Gasteiger partial charge in [-0.2, -0.15) is 0 Å². The van der Waals surface area contributed by atoms with Gasteiger partial charge in [0.05, 0.1) is 5.56 Å². The zero-order valence-corrected chi connectivity index (χ0v) is 15.9. The highest BCUT2D eigenvalue weighted by atomic mass is 16.5. The molecule has 0 saturated carbocycles. The van der Waals surface area contributed by atoms with Crippen LogP contribution in [0.1, 0.15) is 35.3 Å². The number of benzene rings is 2. The third-order valence-corrected chi connectivity index (χ3v) is 4.57. The van der Waals surface area contributed by atoms with E-state index in [9.17, 15) is 14.4 Å². The fourth-order valence-electron chi connectivity index (χ4n) is 3.16. The molecule has 3 rings (SSSR count). The highest BCUT2D eigenvalue weighted by Gasteiger charge is 2.16. The first-order chi connectivity index (χ1) is 13.5. The number of ether oxygens (including phenoxy) is 1. The van der Waals surface area contributed by atoms with Crippen LogP contribution >= 0.6 is 0 Å². The van der Waals surface area contributed by atoms with Gasteiger partial charge in [0.25, 0.3) is 5.91 Å². The number of aryl methyl sites for hydroxylation is 2. The van der Waals surface area contributed by atoms with Crippen molar-refractivity contribution in [1.29, 1.82) is 0 Å². The fraction of sp³-hybridized carbons (Fsp3) is 0.227. The molecule has 0 aliphatic rings. The van der Waals surface area contributed by atoms with Crippen LogP contribution in [0.4, 0.5) is 5.69 Å². The van der Waals surface area contributed by atoms with E-state index in [4.69, 9.17) is 4.74 Å². The Bertz CT molecular complexity index is 1060. The Labute approximate surface area is 162 Å². The van der Waals surface area contributed by atoms with Gasteiger partial charge in [-0.25, -0.2) is 4.79 Å². The van der Waals surface area contributed by atoms with E-state index < -0.39 is 24.0 Å². The summed E-state index contributed by atoms with van der Waals surface area (Å²) in [6, 6.07) is 14.0. The molecule has 0 bridgehead atoms. The van der Waals surface area contributed by atoms with Crippen molar-refractivity contribution in [3.63, 3.8) is 0 Å². The lowest BCUT2D eigenvalue weighted by molar-refractivity contribution is -0.119. The van der Waals surface area contributed by atoms with Crippen LogP contribution < -0.4 is 10.9 Å². The minimum atomic E-state index is -0.711. The molecule has 6 nitrogen and oxygen atoms in total. The maximum Gasteiger partial charge on any atom is 0.339 e. The molecule has 1 aromatic heterocycles. The molecule has 1 heterocycles. The van der Waals surface area contributed by atoms with Gasteiger partial charge in [-0.1, -0.05) is 50.2 Å². The van der Waals surface area contributed by atoms with Gasteiger partial charge in [-0.3, -0.25) is 9.59 Å². The average Bonchev–Trinajstić information content (AvgIpc) is 2.71. The van der Waals surface area contributed by atoms with Crippen molar-refractivity contribution < 1.29 is 14.3 Å². The van der Waals surface area contributed by atoms with Crippen LogP contribution in [0, 0.1) is 0 Å². The first-order valence-electron chi connectivity index (χ1n) is 9.23. The van der Waals surface area contributed by atoms with Crippen molar-refractivity contribution in [1.82, 2.24) is 4.98 Å². The molecule has 28 heavy (non-hydrogen) atoms. The number of pyridine rings is 1. The average molecular weight is 378 g/mol. The molecular weight excluding hydrogens is 356 g/mol. The molecule has 144 valence electrons. The molecule has 0 fully saturated rings. The predicted molar refractivity (Wildman–Crippen MR) is 109 cm³/mol. The van der Waals surface area contributed by atoms with E-state index in [1.807, 2.05) is 32.0 Å². The largest absolute Gasteiger partial charge is 0.452 e. The summed E-state index contributed by atoms with van der Waals surface area (Å²) in [6.45, 7) is 3.60. The second-order valence-corrected chi connectivity index (χ2v) is 6.38. The highest BCUT2D eigenvalue weighted by Crippen LogP contribution is 2.22. The zero-order valence-electron chi connectivity index (χ0n) is 15.9. The number of hydrogen-bond donors (Lipinski definition) is 2. The number of amides is 1. The molecule has 0 spiro atoms. The second-order valence-electron chi connectivity index (χ2n) is 6.38. The molecule has 6 heteroatoms. The Hall–Kier alpha value is -3.41. The summed E-state index contributed by atoms with van der Waals surface area (Å²) >= 11 is 0. The number of fused-ring (bicyclic) bond motifs is 1. The number of para-hydroxylation sites is 2. The van der Waals surface area contributed by atoms with E-state index in [2.05, 4.69) is 10.3 Å². The Morgan fingerprint density at radius 1 is 1.00 bits per heavy atom. The summed E-state index contributed by atoms with van der Waals surface area (Å²) in [5.74, 6) is -1.13. The quantitative estimate of drug-likeness (QED) is 0.643. The van der Waals surface area contributed by atoms with Crippen molar-refractivity contribution in [2.75, 3.05) is 11.9 Å². The van der Waals surface area contributed by atoms with E-state index in [1.54, 1.807) is 24.3 Å². The van der Waals surface area contributed by atoms with Crippen molar-refractivity contribution in [2.45, 2.75) is 26.7 Å². The number of esters is 1. The van der Waals surface area contributed by atoms with Gasteiger partial charge in [0.1, 0.15) is 0 Å². The number of rotatable bonds is 6. The van der Waals surface area contributed by atoms with Crippen LogP contribution in [-0.4, -0.2) is 23.5 Å². The highest BCUT2D eigenvalue weighted by molar-refractivity contribution is 6.04. The maximum atomic E-state index is 12.5. The molecule has 0 aliphatic heterocycles. The van der Waals surface area contributed by atoms with Gasteiger partial charge in [-0.05, 0) is 30.0 Å². The summed E-state index contributed by atoms with van der Waals surface area (Å²) in [4.78, 5) is 39.3. The molecule has 2 N–H and O–H groups in total. The zero-order chi connectivity index (χ0) is 20.1. The lowest BCUT2D eigenvalue weighted by Crippen LogP contribution is -2.23. The number of aromatic amines is 1. The summed E-state index contributed by atoms with van der Waals surface area (Å²) < 4.78 is 5.17. The Kier molecular flexibility index (Phi) is 5.89. The molecule has 2 aromatic carbocycles. The summed E-state index contributed by atoms with van der Waals surface area (Å²) in [5.41, 5.74) is 3.10. The molecule has 1 amide bonds. The van der Waals surface area contributed by atoms with Crippen LogP contribution in [0.3, 0.4) is 0 Å². The predicted octanol–water partition coefficient (Wildman–Crippen LogP) is 3.45. The van der Waals surface area contributed by atoms with E-state index >= 15 is 0 Å². The van der Waals surface area contributed by atoms with Crippen molar-refractivity contribution in [2.24, 2.45) is 0 Å². The Morgan fingerprint density at radius 2 is 1.68 bits per heavy atom. The van der Waals surface area contributed by atoms with Gasteiger partial charge in [-0.15, -0.1) is 0 Å². The first-order valence-corrected chi connectivity index (χ1v) is 9.23. The Balaban J connectivity index is 1.74. The third-order valence-electron chi connectivity index (χ3n) is 4.57. The minimum absolute atomic E-state index is 0.135. The van der Waals surface area contributed by atoms with Crippen LogP contribution in [0.25, 0.3) is 10.9 Å². The van der Waals surface area contributed by atoms with Crippen molar-refractivity contribution in [3.8, 4) is 0 Å². The minimum Gasteiger partial charge on any atom is -0.452 e. The SMILES string of the molecule is CCc1cccc(CC)c1NC(=O)COC(=O)c1cc(=O)[nH]c2ccccc12. The monoisotopic (exact) mass is 378 g/mol. The summed E-state index contributed by atoms with van der Waals surface area (Å²) in [5, 5.41) is 3.42. The molecule has 0 unspecified atom stereocenters. The van der Waals surface area contributed by atoms with E-state index in [1.165, 1.54) is 6.07 Å². The number of anilines is 1. The van der Waals surface area contributed by atoms with Crippen molar-refractivity contribution in [3.05, 3.63) is 75.6 Å². The van der Waals surface area contributed by atoms with Gasteiger partial charge >= 0.3 is 5.97 Å². The number of carbonyl (C=O) groups excluding carboxylic acids is 2. The lowest BCUT2D eigenvalue weighted by Gasteiger charge is -2.14. The number of carbonyl (C=O) groups is 2. The Morgan fingerprint density at radius 3 is 2.36 bits per heavy atom. The van der Waals surface area contributed by atoms with Crippen molar-refractivity contribution >= 4 is 28.5 Å². The second kappa shape index (κ2) is 8.52. The normalized spacial score (nSPS) is 10.6. The topological polar surface area (TPSA) is 88.3 Å². The van der Waals surface area contributed by atoms with E-state index in [0.717, 1.165) is 29.7 Å². The number of aromatic nitrogens is 1. The molecule has 0 atom stereocenters. The van der Waals surface area contributed by atoms with Gasteiger partial charge in [0.2, 0.25) is 5.56 Å². The molecular formula is C22H22N2O4. The summed E-state index contributed by atoms with van der Waals surface area (Å²) in [6.07, 6.45) is 1.56. The molecule has 0 saturated heterocycles.